The smallest absolute Gasteiger partial charge is 0.407 e. The predicted molar refractivity (Wildman–Crippen MR) is 69.2 cm³/mol. The van der Waals surface area contributed by atoms with Crippen molar-refractivity contribution in [3.05, 3.63) is 0 Å². The number of carbonyl (C=O) groups excluding carboxylic acids is 1. The van der Waals surface area contributed by atoms with E-state index in [2.05, 4.69) is 0 Å². The van der Waals surface area contributed by atoms with Crippen LogP contribution in [0.5, 0.6) is 0 Å². The summed E-state index contributed by atoms with van der Waals surface area (Å²) in [5.41, 5.74) is -0.720. The highest BCUT2D eigenvalue weighted by Crippen LogP contribution is 2.47. The molecule has 0 saturated heterocycles. The number of esters is 1. The molecule has 1 unspecified atom stereocenters. The molecule has 17 heavy (non-hydrogen) atoms. The van der Waals surface area contributed by atoms with Gasteiger partial charge in [-0.1, -0.05) is 4.57 Å². The Morgan fingerprint density at radius 2 is 1.82 bits per heavy atom. The van der Waals surface area contributed by atoms with Gasteiger partial charge in [0.15, 0.2) is 6.16 Å². The van der Waals surface area contributed by atoms with Crippen molar-refractivity contribution in [3.8, 4) is 0 Å². The van der Waals surface area contributed by atoms with E-state index in [1.54, 1.807) is 20.8 Å². The summed E-state index contributed by atoms with van der Waals surface area (Å²) in [6, 6.07) is 0. The van der Waals surface area contributed by atoms with Crippen LogP contribution in [0.3, 0.4) is 0 Å². The lowest BCUT2D eigenvalue weighted by atomic mass is 10.2. The lowest BCUT2D eigenvalue weighted by Crippen LogP contribution is -2.33. The maximum atomic E-state index is 11.8. The third-order valence-electron chi connectivity index (χ3n) is 1.60. The minimum absolute atomic E-state index is 0.120. The van der Waals surface area contributed by atoms with Crippen molar-refractivity contribution >= 4 is 37.0 Å². The molecule has 0 aromatic carbocycles. The van der Waals surface area contributed by atoms with Crippen molar-refractivity contribution in [1.82, 2.24) is 0 Å². The number of carbonyl (C=O) groups is 1. The summed E-state index contributed by atoms with van der Waals surface area (Å²) in [5, 5.41) is 0. The largest absolute Gasteiger partial charge is 0.454 e. The van der Waals surface area contributed by atoms with Crippen LogP contribution in [0.4, 0.5) is 0 Å². The highest BCUT2D eigenvalue weighted by Gasteiger charge is 2.55. The fraction of sp³-hybridized carbons (Fsp3) is 0.900. The van der Waals surface area contributed by atoms with E-state index >= 15 is 0 Å². The molecule has 0 aliphatic heterocycles. The van der Waals surface area contributed by atoms with Crippen LogP contribution in [0, 0.1) is 0 Å². The van der Waals surface area contributed by atoms with Crippen molar-refractivity contribution in [1.29, 1.82) is 0 Å². The molecule has 0 spiro atoms. The second-order valence-corrected chi connectivity index (χ2v) is 8.07. The Labute approximate surface area is 113 Å². The van der Waals surface area contributed by atoms with E-state index in [4.69, 9.17) is 32.7 Å². The Morgan fingerprint density at radius 1 is 1.29 bits per heavy atom. The zero-order valence-electron chi connectivity index (χ0n) is 10.5. The Kier molecular flexibility index (Phi) is 6.93. The van der Waals surface area contributed by atoms with E-state index in [0.29, 0.717) is 6.61 Å². The molecule has 0 N–H and O–H groups in total. The molecule has 1 atom stereocenters. The van der Waals surface area contributed by atoms with Crippen LogP contribution in [-0.4, -0.2) is 35.0 Å². The Morgan fingerprint density at radius 3 is 2.24 bits per heavy atom. The van der Waals surface area contributed by atoms with Crippen molar-refractivity contribution in [2.24, 2.45) is 0 Å². The first kappa shape index (κ1) is 17.1. The van der Waals surface area contributed by atoms with E-state index in [1.165, 1.54) is 0 Å². The quantitative estimate of drug-likeness (QED) is 0.327. The summed E-state index contributed by atoms with van der Waals surface area (Å²) in [4.78, 5) is 11.6. The minimum atomic E-state index is -2.15. The monoisotopic (exact) mass is 303 g/mol. The van der Waals surface area contributed by atoms with Crippen molar-refractivity contribution < 1.29 is 18.8 Å². The molecule has 0 aromatic rings. The van der Waals surface area contributed by atoms with Crippen molar-refractivity contribution in [2.45, 2.75) is 37.4 Å². The minimum Gasteiger partial charge on any atom is -0.454 e. The van der Waals surface area contributed by atoms with Gasteiger partial charge in [-0.3, -0.25) is 0 Å². The van der Waals surface area contributed by atoms with Gasteiger partial charge in [0.25, 0.3) is 0 Å². The van der Waals surface area contributed by atoms with Gasteiger partial charge in [0.1, 0.15) is 5.60 Å². The average molecular weight is 304 g/mol. The van der Waals surface area contributed by atoms with E-state index in [9.17, 15) is 9.36 Å². The topological polar surface area (TPSA) is 52.6 Å². The molecule has 0 rings (SSSR count). The number of halogens is 2. The van der Waals surface area contributed by atoms with Gasteiger partial charge in [-0.05, 0) is 50.9 Å². The SMILES string of the molecule is CCOCC[P+](=O)C(Cl)(Cl)C(=O)OC(C)(C)C. The highest BCUT2D eigenvalue weighted by molar-refractivity contribution is 7.53. The maximum absolute atomic E-state index is 11.8. The second-order valence-electron chi connectivity index (χ2n) is 4.34. The first-order chi connectivity index (χ1) is 7.61. The van der Waals surface area contributed by atoms with Gasteiger partial charge in [0.2, 0.25) is 0 Å². The molecule has 0 bridgehead atoms. The maximum Gasteiger partial charge on any atom is 0.407 e. The standard InChI is InChI=1S/C10H18Cl2O4P/c1-5-15-6-7-17(14)10(11,12)8(13)16-9(2,3)4/h5-7H2,1-4H3/q+1. The third kappa shape index (κ3) is 6.56. The molecule has 0 radical (unpaired) electrons. The molecule has 0 heterocycles. The van der Waals surface area contributed by atoms with Gasteiger partial charge in [-0.2, -0.15) is 0 Å². The number of alkyl halides is 2. The Hall–Kier alpha value is 0.110. The summed E-state index contributed by atoms with van der Waals surface area (Å²) in [6.07, 6.45) is 0.120. The average Bonchev–Trinajstić information content (AvgIpc) is 2.15. The molecule has 4 nitrogen and oxygen atoms in total. The zero-order chi connectivity index (χ0) is 13.7. The van der Waals surface area contributed by atoms with Crippen LogP contribution in [0.15, 0.2) is 0 Å². The van der Waals surface area contributed by atoms with Crippen LogP contribution in [-0.2, 0) is 18.8 Å². The summed E-state index contributed by atoms with van der Waals surface area (Å²) < 4.78 is 19.8. The van der Waals surface area contributed by atoms with Crippen LogP contribution in [0.1, 0.15) is 27.7 Å². The first-order valence-corrected chi connectivity index (χ1v) is 7.45. The third-order valence-corrected chi connectivity index (χ3v) is 4.44. The molecular formula is C10H18Cl2O4P+. The van der Waals surface area contributed by atoms with Crippen LogP contribution >= 0.6 is 31.0 Å². The number of hydrogen-bond donors (Lipinski definition) is 0. The van der Waals surface area contributed by atoms with Gasteiger partial charge < -0.3 is 9.47 Å². The summed E-state index contributed by atoms with van der Waals surface area (Å²) >= 11 is 11.5. The van der Waals surface area contributed by atoms with E-state index < -0.39 is 23.4 Å². The van der Waals surface area contributed by atoms with Crippen molar-refractivity contribution in [3.63, 3.8) is 0 Å². The van der Waals surface area contributed by atoms with Crippen molar-refractivity contribution in [2.75, 3.05) is 19.4 Å². The van der Waals surface area contributed by atoms with Gasteiger partial charge in [0.05, 0.1) is 6.61 Å². The van der Waals surface area contributed by atoms with Crippen LogP contribution < -0.4 is 0 Å². The summed E-state index contributed by atoms with van der Waals surface area (Å²) in [7, 11) is -2.15. The molecule has 0 amide bonds. The van der Waals surface area contributed by atoms with Crippen LogP contribution in [0.25, 0.3) is 0 Å². The lowest BCUT2D eigenvalue weighted by Gasteiger charge is -2.21. The lowest BCUT2D eigenvalue weighted by molar-refractivity contribution is -0.153. The van der Waals surface area contributed by atoms with Gasteiger partial charge in [-0.25, -0.2) is 4.79 Å². The molecule has 0 aromatic heterocycles. The fourth-order valence-electron chi connectivity index (χ4n) is 0.874. The number of hydrogen-bond acceptors (Lipinski definition) is 4. The zero-order valence-corrected chi connectivity index (χ0v) is 12.9. The molecule has 0 fully saturated rings. The summed E-state index contributed by atoms with van der Waals surface area (Å²) in [5.74, 6) is -0.883. The molecule has 7 heteroatoms. The molecule has 0 aliphatic carbocycles. The van der Waals surface area contributed by atoms with Gasteiger partial charge in [-0.15, -0.1) is 0 Å². The Balaban J connectivity index is 4.44. The fourth-order valence-corrected chi connectivity index (χ4v) is 2.28. The van der Waals surface area contributed by atoms with E-state index in [1.807, 2.05) is 6.92 Å². The number of ether oxygens (including phenoxy) is 2. The van der Waals surface area contributed by atoms with Gasteiger partial charge >= 0.3 is 17.8 Å². The number of rotatable bonds is 6. The molecule has 100 valence electrons. The van der Waals surface area contributed by atoms with Crippen LogP contribution in [0.2, 0.25) is 0 Å². The first-order valence-electron chi connectivity index (χ1n) is 5.25. The predicted octanol–water partition coefficient (Wildman–Crippen LogP) is 3.32. The highest BCUT2D eigenvalue weighted by atomic mass is 35.5. The summed E-state index contributed by atoms with van der Waals surface area (Å²) in [6.45, 7) is 7.62. The molecule has 0 aliphatic rings. The Bertz CT molecular complexity index is 287. The second kappa shape index (κ2) is 6.89. The molecule has 0 saturated carbocycles. The molecular weight excluding hydrogens is 286 g/mol. The van der Waals surface area contributed by atoms with E-state index in [0.717, 1.165) is 0 Å². The normalized spacial score (nSPS) is 13.4. The van der Waals surface area contributed by atoms with E-state index in [-0.39, 0.29) is 12.8 Å². The van der Waals surface area contributed by atoms with Gasteiger partial charge in [0, 0.05) is 6.61 Å².